The fourth-order valence-electron chi connectivity index (χ4n) is 3.80. The second-order valence-corrected chi connectivity index (χ2v) is 8.29. The van der Waals surface area contributed by atoms with Gasteiger partial charge in [0.25, 0.3) is 5.91 Å². The minimum atomic E-state index is -1.46. The van der Waals surface area contributed by atoms with Crippen LogP contribution in [0.15, 0.2) is 72.8 Å². The molecule has 1 amide bonds. The molecule has 0 radical (unpaired) electrons. The van der Waals surface area contributed by atoms with Gasteiger partial charge in [-0.05, 0) is 29.8 Å². The molecule has 3 aromatic carbocycles. The number of thiazole rings is 1. The molecule has 0 unspecified atom stereocenters. The molecule has 0 spiro atoms. The van der Waals surface area contributed by atoms with Gasteiger partial charge in [-0.2, -0.15) is 5.26 Å². The lowest BCUT2D eigenvalue weighted by molar-refractivity contribution is -0.120. The second-order valence-electron chi connectivity index (χ2n) is 6.85. The largest absolute Gasteiger partial charge is 0.306 e. The molecule has 0 saturated carbocycles. The van der Waals surface area contributed by atoms with Gasteiger partial charge in [0.1, 0.15) is 5.01 Å². The third kappa shape index (κ3) is 2.57. The Bertz CT molecular complexity index is 1280. The Morgan fingerprint density at radius 1 is 1.03 bits per heavy atom. The first-order chi connectivity index (χ1) is 14.1. The van der Waals surface area contributed by atoms with E-state index in [0.717, 1.165) is 21.5 Å². The molecule has 0 fully saturated rings. The third-order valence-corrected chi connectivity index (χ3v) is 6.76. The Hall–Kier alpha value is -3.20. The lowest BCUT2D eigenvalue weighted by Crippen LogP contribution is -2.40. The van der Waals surface area contributed by atoms with Crippen LogP contribution in [0, 0.1) is 11.3 Å². The average molecular weight is 416 g/mol. The van der Waals surface area contributed by atoms with Crippen molar-refractivity contribution < 1.29 is 4.79 Å². The molecule has 4 aromatic rings. The fourth-order valence-corrected chi connectivity index (χ4v) is 5.11. The number of nitriles is 1. The maximum atomic E-state index is 13.7. The summed E-state index contributed by atoms with van der Waals surface area (Å²) in [5, 5.41) is 11.4. The smallest absolute Gasteiger partial charge is 0.259 e. The van der Waals surface area contributed by atoms with Crippen LogP contribution in [0.5, 0.6) is 0 Å². The van der Waals surface area contributed by atoms with Crippen molar-refractivity contribution in [3.63, 3.8) is 0 Å². The lowest BCUT2D eigenvalue weighted by atomic mass is 9.84. The number of benzene rings is 3. The Kier molecular flexibility index (Phi) is 4.13. The highest BCUT2D eigenvalue weighted by Gasteiger charge is 2.55. The van der Waals surface area contributed by atoms with E-state index >= 15 is 0 Å². The Labute approximate surface area is 176 Å². The van der Waals surface area contributed by atoms with E-state index in [0.29, 0.717) is 22.1 Å². The molecule has 1 atom stereocenters. The highest BCUT2D eigenvalue weighted by Crippen LogP contribution is 2.48. The normalized spacial score (nSPS) is 18.1. The summed E-state index contributed by atoms with van der Waals surface area (Å²) in [6, 6.07) is 24.9. The monoisotopic (exact) mass is 415 g/mol. The van der Waals surface area contributed by atoms with E-state index in [1.807, 2.05) is 66.7 Å². The molecule has 0 bridgehead atoms. The van der Waals surface area contributed by atoms with Crippen molar-refractivity contribution in [2.24, 2.45) is 0 Å². The average Bonchev–Trinajstić information content (AvgIpc) is 3.28. The molecule has 140 valence electrons. The lowest BCUT2D eigenvalue weighted by Gasteiger charge is -2.21. The van der Waals surface area contributed by atoms with Crippen LogP contribution in [0.1, 0.15) is 16.1 Å². The molecule has 0 saturated heterocycles. The number of aromatic nitrogens is 1. The van der Waals surface area contributed by atoms with E-state index < -0.39 is 5.41 Å². The minimum absolute atomic E-state index is 0.292. The number of para-hydroxylation sites is 2. The van der Waals surface area contributed by atoms with Crippen molar-refractivity contribution in [2.45, 2.75) is 12.0 Å². The highest BCUT2D eigenvalue weighted by atomic mass is 35.5. The number of hydrogen-bond acceptors (Lipinski definition) is 4. The summed E-state index contributed by atoms with van der Waals surface area (Å²) in [6.07, 6.45) is 0. The molecule has 1 aromatic heterocycles. The van der Waals surface area contributed by atoms with Gasteiger partial charge in [-0.1, -0.05) is 60.1 Å². The summed E-state index contributed by atoms with van der Waals surface area (Å²) >= 11 is 7.73. The molecule has 0 aliphatic carbocycles. The van der Waals surface area contributed by atoms with Crippen molar-refractivity contribution in [1.29, 1.82) is 5.26 Å². The molecule has 29 heavy (non-hydrogen) atoms. The summed E-state index contributed by atoms with van der Waals surface area (Å²) in [5.41, 5.74) is 1.55. The molecular weight excluding hydrogens is 402 g/mol. The van der Waals surface area contributed by atoms with E-state index in [-0.39, 0.29) is 5.91 Å². The Morgan fingerprint density at radius 2 is 1.76 bits per heavy atom. The van der Waals surface area contributed by atoms with Gasteiger partial charge in [0.05, 0.1) is 22.8 Å². The number of fused-ring (bicyclic) bond motifs is 2. The minimum Gasteiger partial charge on any atom is -0.306 e. The van der Waals surface area contributed by atoms with Crippen molar-refractivity contribution >= 4 is 44.7 Å². The van der Waals surface area contributed by atoms with Gasteiger partial charge < -0.3 is 4.90 Å². The zero-order chi connectivity index (χ0) is 20.0. The van der Waals surface area contributed by atoms with Gasteiger partial charge in [0.15, 0.2) is 0 Å². The van der Waals surface area contributed by atoms with E-state index in [4.69, 9.17) is 11.6 Å². The molecular formula is C23H14ClN3OS. The zero-order valence-electron chi connectivity index (χ0n) is 15.2. The maximum absolute atomic E-state index is 13.7. The number of nitrogens with zero attached hydrogens (tertiary/aromatic N) is 3. The van der Waals surface area contributed by atoms with Crippen LogP contribution in [0.3, 0.4) is 0 Å². The number of carbonyl (C=O) groups is 1. The summed E-state index contributed by atoms with van der Waals surface area (Å²) in [7, 11) is 0. The molecule has 2 heterocycles. The van der Waals surface area contributed by atoms with E-state index in [2.05, 4.69) is 11.1 Å². The molecule has 1 aliphatic heterocycles. The van der Waals surface area contributed by atoms with Crippen molar-refractivity contribution in [2.75, 3.05) is 4.90 Å². The van der Waals surface area contributed by atoms with Gasteiger partial charge in [-0.3, -0.25) is 4.79 Å². The van der Waals surface area contributed by atoms with Gasteiger partial charge in [-0.15, -0.1) is 11.3 Å². The maximum Gasteiger partial charge on any atom is 0.259 e. The number of carbonyl (C=O) groups excluding carboxylic acids is 1. The molecule has 5 rings (SSSR count). The van der Waals surface area contributed by atoms with Crippen LogP contribution in [0.2, 0.25) is 5.02 Å². The number of amides is 1. The predicted molar refractivity (Wildman–Crippen MR) is 115 cm³/mol. The number of halogens is 1. The zero-order valence-corrected chi connectivity index (χ0v) is 16.7. The quantitative estimate of drug-likeness (QED) is 0.455. The first kappa shape index (κ1) is 17.9. The SMILES string of the molecule is N#C[C@]1(c2nc3ccccc3s2)C(=O)N(Cc2ccccc2Cl)c2ccccc21. The van der Waals surface area contributed by atoms with E-state index in [1.54, 1.807) is 11.0 Å². The van der Waals surface area contributed by atoms with Crippen LogP contribution >= 0.6 is 22.9 Å². The molecule has 0 N–H and O–H groups in total. The van der Waals surface area contributed by atoms with Crippen LogP contribution in [-0.4, -0.2) is 10.9 Å². The van der Waals surface area contributed by atoms with E-state index in [9.17, 15) is 10.1 Å². The van der Waals surface area contributed by atoms with Gasteiger partial charge in [0, 0.05) is 16.3 Å². The fraction of sp³-hybridized carbons (Fsp3) is 0.0870. The molecule has 1 aliphatic rings. The van der Waals surface area contributed by atoms with Gasteiger partial charge >= 0.3 is 0 Å². The summed E-state index contributed by atoms with van der Waals surface area (Å²) < 4.78 is 0.951. The predicted octanol–water partition coefficient (Wildman–Crippen LogP) is 5.31. The first-order valence-corrected chi connectivity index (χ1v) is 10.3. The summed E-state index contributed by atoms with van der Waals surface area (Å²) in [4.78, 5) is 20.0. The Morgan fingerprint density at radius 3 is 2.55 bits per heavy atom. The van der Waals surface area contributed by atoms with Crippen LogP contribution < -0.4 is 4.90 Å². The molecule has 4 nitrogen and oxygen atoms in total. The summed E-state index contributed by atoms with van der Waals surface area (Å²) in [6.45, 7) is 0.295. The Balaban J connectivity index is 1.70. The standard InChI is InChI=1S/C23H14ClN3OS/c24-17-9-3-1-7-15(17)13-27-19-11-5-2-8-16(19)23(14-25,22(27)28)21-26-18-10-4-6-12-20(18)29-21/h1-12H,13H2/t23-/m0/s1. The van der Waals surface area contributed by atoms with Crippen LogP contribution in [0.4, 0.5) is 5.69 Å². The topological polar surface area (TPSA) is 57.0 Å². The third-order valence-electron chi connectivity index (χ3n) is 5.23. The highest BCUT2D eigenvalue weighted by molar-refractivity contribution is 7.18. The number of anilines is 1. The number of hydrogen-bond donors (Lipinski definition) is 0. The van der Waals surface area contributed by atoms with Gasteiger partial charge in [0.2, 0.25) is 5.41 Å². The first-order valence-electron chi connectivity index (χ1n) is 9.07. The second kappa shape index (κ2) is 6.70. The van der Waals surface area contributed by atoms with Crippen molar-refractivity contribution in [3.8, 4) is 6.07 Å². The van der Waals surface area contributed by atoms with Crippen molar-refractivity contribution in [1.82, 2.24) is 4.98 Å². The molecule has 6 heteroatoms. The van der Waals surface area contributed by atoms with E-state index in [1.165, 1.54) is 11.3 Å². The number of rotatable bonds is 3. The summed E-state index contributed by atoms with van der Waals surface area (Å²) in [5.74, 6) is -0.292. The van der Waals surface area contributed by atoms with Crippen LogP contribution in [-0.2, 0) is 16.8 Å². The van der Waals surface area contributed by atoms with Gasteiger partial charge in [-0.25, -0.2) is 4.98 Å². The van der Waals surface area contributed by atoms with Crippen molar-refractivity contribution in [3.05, 3.63) is 94.0 Å². The van der Waals surface area contributed by atoms with Crippen LogP contribution in [0.25, 0.3) is 10.2 Å².